The number of nitrogens with one attached hydrogen (secondary N) is 1. The van der Waals surface area contributed by atoms with Gasteiger partial charge in [0.1, 0.15) is 5.75 Å². The highest BCUT2D eigenvalue weighted by Crippen LogP contribution is 2.20. The molecule has 0 spiro atoms. The van der Waals surface area contributed by atoms with E-state index in [4.69, 9.17) is 4.74 Å². The number of anilines is 2. The number of para-hydroxylation sites is 1. The first-order chi connectivity index (χ1) is 11.0. The number of amides is 3. The molecule has 2 aromatic carbocycles. The van der Waals surface area contributed by atoms with Gasteiger partial charge in [0.15, 0.2) is 0 Å². The van der Waals surface area contributed by atoms with Gasteiger partial charge in [0.25, 0.3) is 0 Å². The third-order valence-corrected chi connectivity index (χ3v) is 3.11. The summed E-state index contributed by atoms with van der Waals surface area (Å²) in [6, 6.07) is 15.6. The molecule has 2 rings (SSSR count). The first-order valence-electron chi connectivity index (χ1n) is 7.06. The van der Waals surface area contributed by atoms with Gasteiger partial charge in [-0.1, -0.05) is 24.3 Å². The number of nitrogens with zero attached hydrogens (tertiary/aromatic N) is 2. The smallest absolute Gasteiger partial charge is 0.410 e. The monoisotopic (exact) mass is 313 g/mol. The van der Waals surface area contributed by atoms with Gasteiger partial charge >= 0.3 is 12.1 Å². The minimum Gasteiger partial charge on any atom is -0.410 e. The largest absolute Gasteiger partial charge is 0.419 e. The Morgan fingerprint density at radius 1 is 0.957 bits per heavy atom. The number of carbonyl (C=O) groups is 2. The predicted molar refractivity (Wildman–Crippen MR) is 90.0 cm³/mol. The van der Waals surface area contributed by atoms with Crippen LogP contribution in [0.3, 0.4) is 0 Å². The van der Waals surface area contributed by atoms with E-state index in [9.17, 15) is 9.59 Å². The lowest BCUT2D eigenvalue weighted by Gasteiger charge is -2.17. The van der Waals surface area contributed by atoms with Gasteiger partial charge in [-0.3, -0.25) is 4.90 Å². The van der Waals surface area contributed by atoms with E-state index in [0.717, 1.165) is 5.69 Å². The topological polar surface area (TPSA) is 61.9 Å². The molecule has 0 saturated carbocycles. The molecule has 0 fully saturated rings. The van der Waals surface area contributed by atoms with Crippen LogP contribution in [0.4, 0.5) is 21.0 Å². The van der Waals surface area contributed by atoms with Gasteiger partial charge in [-0.25, -0.2) is 9.59 Å². The first kappa shape index (κ1) is 16.4. The molecule has 0 radical (unpaired) electrons. The van der Waals surface area contributed by atoms with Crippen LogP contribution < -0.4 is 15.0 Å². The van der Waals surface area contributed by atoms with E-state index < -0.39 is 6.09 Å². The lowest BCUT2D eigenvalue weighted by molar-refractivity contribution is 0.209. The van der Waals surface area contributed by atoms with Crippen molar-refractivity contribution in [2.45, 2.75) is 0 Å². The molecule has 0 bridgehead atoms. The Bertz CT molecular complexity index is 686. The van der Waals surface area contributed by atoms with Gasteiger partial charge in [0.2, 0.25) is 0 Å². The quantitative estimate of drug-likeness (QED) is 0.944. The highest BCUT2D eigenvalue weighted by molar-refractivity contribution is 5.90. The number of rotatable bonds is 3. The standard InChI is InChI=1S/C17H19N3O3/c1-19(2)16(21)18-13-8-7-11-15(12-13)23-17(22)20(3)14-9-5-4-6-10-14/h4-12H,1-3H3,(H,18,21). The molecule has 0 saturated heterocycles. The van der Waals surface area contributed by atoms with Crippen LogP contribution in [0, 0.1) is 0 Å². The van der Waals surface area contributed by atoms with Gasteiger partial charge in [-0.05, 0) is 24.3 Å². The molecule has 120 valence electrons. The van der Waals surface area contributed by atoms with E-state index in [2.05, 4.69) is 5.32 Å². The number of urea groups is 1. The summed E-state index contributed by atoms with van der Waals surface area (Å²) in [6.07, 6.45) is -0.507. The number of hydrogen-bond acceptors (Lipinski definition) is 3. The van der Waals surface area contributed by atoms with Crippen LogP contribution in [0.2, 0.25) is 0 Å². The Kier molecular flexibility index (Phi) is 5.19. The van der Waals surface area contributed by atoms with E-state index in [0.29, 0.717) is 11.4 Å². The highest BCUT2D eigenvalue weighted by atomic mass is 16.6. The molecule has 3 amide bonds. The summed E-state index contributed by atoms with van der Waals surface area (Å²) in [5.41, 5.74) is 1.28. The summed E-state index contributed by atoms with van der Waals surface area (Å²) in [5, 5.41) is 2.70. The van der Waals surface area contributed by atoms with E-state index in [1.165, 1.54) is 9.80 Å². The Morgan fingerprint density at radius 3 is 2.30 bits per heavy atom. The van der Waals surface area contributed by atoms with E-state index in [1.54, 1.807) is 45.4 Å². The fraction of sp³-hybridized carbons (Fsp3) is 0.176. The normalized spacial score (nSPS) is 9.87. The van der Waals surface area contributed by atoms with Crippen LogP contribution >= 0.6 is 0 Å². The van der Waals surface area contributed by atoms with Crippen molar-refractivity contribution < 1.29 is 14.3 Å². The zero-order chi connectivity index (χ0) is 16.8. The van der Waals surface area contributed by atoms with Crippen molar-refractivity contribution in [1.82, 2.24) is 4.90 Å². The Balaban J connectivity index is 2.05. The summed E-state index contributed by atoms with van der Waals surface area (Å²) in [5.74, 6) is 0.356. The third-order valence-electron chi connectivity index (χ3n) is 3.11. The fourth-order valence-electron chi connectivity index (χ4n) is 1.80. The van der Waals surface area contributed by atoms with Gasteiger partial charge in [-0.2, -0.15) is 0 Å². The van der Waals surface area contributed by atoms with E-state index in [-0.39, 0.29) is 6.03 Å². The molecule has 0 atom stereocenters. The van der Waals surface area contributed by atoms with Gasteiger partial charge in [-0.15, -0.1) is 0 Å². The molecule has 0 aliphatic heterocycles. The van der Waals surface area contributed by atoms with Crippen molar-refractivity contribution in [3.8, 4) is 5.75 Å². The maximum atomic E-state index is 12.2. The average molecular weight is 313 g/mol. The molecule has 1 N–H and O–H groups in total. The SMILES string of the molecule is CN(C)C(=O)Nc1cccc(OC(=O)N(C)c2ccccc2)c1. The third kappa shape index (κ3) is 4.47. The van der Waals surface area contributed by atoms with Gasteiger partial charge in [0.05, 0.1) is 0 Å². The Labute approximate surface area is 135 Å². The molecule has 23 heavy (non-hydrogen) atoms. The van der Waals surface area contributed by atoms with Gasteiger partial charge in [0, 0.05) is 38.6 Å². The number of hydrogen-bond donors (Lipinski definition) is 1. The van der Waals surface area contributed by atoms with Crippen molar-refractivity contribution in [1.29, 1.82) is 0 Å². The minimum atomic E-state index is -0.507. The van der Waals surface area contributed by atoms with Crippen molar-refractivity contribution in [3.05, 3.63) is 54.6 Å². The second-order valence-electron chi connectivity index (χ2n) is 5.11. The Morgan fingerprint density at radius 2 is 1.65 bits per heavy atom. The molecule has 0 aromatic heterocycles. The van der Waals surface area contributed by atoms with Gasteiger partial charge < -0.3 is 15.0 Å². The van der Waals surface area contributed by atoms with E-state index in [1.807, 2.05) is 30.3 Å². The maximum absolute atomic E-state index is 12.2. The van der Waals surface area contributed by atoms with Crippen LogP contribution in [0.15, 0.2) is 54.6 Å². The average Bonchev–Trinajstić information content (AvgIpc) is 2.55. The van der Waals surface area contributed by atoms with Crippen molar-refractivity contribution >= 4 is 23.5 Å². The van der Waals surface area contributed by atoms with Crippen LogP contribution in [0.5, 0.6) is 5.75 Å². The molecule has 2 aromatic rings. The molecule has 6 heteroatoms. The molecule has 0 aliphatic rings. The molecular weight excluding hydrogens is 294 g/mol. The predicted octanol–water partition coefficient (Wildman–Crippen LogP) is 3.42. The van der Waals surface area contributed by atoms with Crippen molar-refractivity contribution in [2.75, 3.05) is 31.4 Å². The summed E-state index contributed by atoms with van der Waals surface area (Å²) < 4.78 is 5.34. The minimum absolute atomic E-state index is 0.255. The van der Waals surface area contributed by atoms with Crippen LogP contribution in [-0.2, 0) is 0 Å². The van der Waals surface area contributed by atoms with Crippen LogP contribution in [0.25, 0.3) is 0 Å². The molecule has 6 nitrogen and oxygen atoms in total. The maximum Gasteiger partial charge on any atom is 0.419 e. The Hall–Kier alpha value is -3.02. The molecule has 0 heterocycles. The second kappa shape index (κ2) is 7.31. The van der Waals surface area contributed by atoms with Crippen LogP contribution in [-0.4, -0.2) is 38.2 Å². The molecule has 0 unspecified atom stereocenters. The summed E-state index contributed by atoms with van der Waals surface area (Å²) >= 11 is 0. The molecule has 0 aliphatic carbocycles. The lowest BCUT2D eigenvalue weighted by Crippen LogP contribution is -2.29. The molecular formula is C17H19N3O3. The summed E-state index contributed by atoms with van der Waals surface area (Å²) in [4.78, 5) is 26.6. The number of carbonyl (C=O) groups excluding carboxylic acids is 2. The highest BCUT2D eigenvalue weighted by Gasteiger charge is 2.13. The lowest BCUT2D eigenvalue weighted by atomic mass is 10.3. The number of benzene rings is 2. The van der Waals surface area contributed by atoms with E-state index >= 15 is 0 Å². The zero-order valence-electron chi connectivity index (χ0n) is 13.3. The second-order valence-corrected chi connectivity index (χ2v) is 5.11. The van der Waals surface area contributed by atoms with Crippen molar-refractivity contribution in [2.24, 2.45) is 0 Å². The van der Waals surface area contributed by atoms with Crippen LogP contribution in [0.1, 0.15) is 0 Å². The summed E-state index contributed by atoms with van der Waals surface area (Å²) in [6.45, 7) is 0. The summed E-state index contributed by atoms with van der Waals surface area (Å²) in [7, 11) is 4.93. The van der Waals surface area contributed by atoms with Crippen molar-refractivity contribution in [3.63, 3.8) is 0 Å². The number of ether oxygens (including phenoxy) is 1. The first-order valence-corrected chi connectivity index (χ1v) is 7.06. The fourth-order valence-corrected chi connectivity index (χ4v) is 1.80. The zero-order valence-corrected chi connectivity index (χ0v) is 13.3.